The maximum atomic E-state index is 5.48. The predicted octanol–water partition coefficient (Wildman–Crippen LogP) is 3.48. The van der Waals surface area contributed by atoms with Crippen molar-refractivity contribution in [1.82, 2.24) is 35.5 Å². The van der Waals surface area contributed by atoms with Gasteiger partial charge in [0, 0.05) is 37.5 Å². The van der Waals surface area contributed by atoms with Gasteiger partial charge in [-0.2, -0.15) is 10.1 Å². The van der Waals surface area contributed by atoms with E-state index in [-0.39, 0.29) is 17.8 Å². The second-order valence-corrected chi connectivity index (χ2v) is 7.38. The summed E-state index contributed by atoms with van der Waals surface area (Å²) in [4.78, 5) is 9.04. The Kier molecular flexibility index (Phi) is 5.98. The number of aromatic amines is 1. The number of aryl methyl sites for hydroxylation is 3. The maximum absolute atomic E-state index is 5.48. The smallest absolute Gasteiger partial charge is 0.226 e. The molecule has 1 N–H and O–H groups in total. The molecule has 9 nitrogen and oxygen atoms in total. The normalized spacial score (nSPS) is 14.0. The molecule has 3 rings (SSSR count). The lowest BCUT2D eigenvalue weighted by Gasteiger charge is -2.05. The summed E-state index contributed by atoms with van der Waals surface area (Å²) in [7, 11) is 0. The molecule has 3 heterocycles. The fourth-order valence-electron chi connectivity index (χ4n) is 2.70. The topological polar surface area (TPSA) is 119 Å². The molecule has 0 bridgehead atoms. The Morgan fingerprint density at radius 3 is 2.37 bits per heavy atom. The zero-order valence-electron chi connectivity index (χ0n) is 16.6. The Hall–Kier alpha value is -2.58. The Bertz CT molecular complexity index is 851. The molecule has 0 aromatic carbocycles. The van der Waals surface area contributed by atoms with Crippen molar-refractivity contribution in [1.29, 1.82) is 0 Å². The monoisotopic (exact) mass is 373 g/mol. The van der Waals surface area contributed by atoms with E-state index in [1.165, 1.54) is 0 Å². The van der Waals surface area contributed by atoms with Gasteiger partial charge in [-0.05, 0) is 12.8 Å². The summed E-state index contributed by atoms with van der Waals surface area (Å²) >= 11 is 0. The highest BCUT2D eigenvalue weighted by Crippen LogP contribution is 2.21. The van der Waals surface area contributed by atoms with Crippen LogP contribution in [0.5, 0.6) is 0 Å². The van der Waals surface area contributed by atoms with Crippen molar-refractivity contribution in [2.24, 2.45) is 0 Å². The summed E-state index contributed by atoms with van der Waals surface area (Å²) in [6.45, 7) is 10.1. The maximum Gasteiger partial charge on any atom is 0.226 e. The third-order valence-corrected chi connectivity index (χ3v) is 4.56. The second-order valence-electron chi connectivity index (χ2n) is 7.38. The largest absolute Gasteiger partial charge is 0.425 e. The minimum Gasteiger partial charge on any atom is -0.425 e. The minimum absolute atomic E-state index is 0.185. The van der Waals surface area contributed by atoms with Gasteiger partial charge in [0.1, 0.15) is 5.82 Å². The van der Waals surface area contributed by atoms with Crippen LogP contribution in [0.4, 0.5) is 0 Å². The number of H-pyrrole nitrogens is 1. The van der Waals surface area contributed by atoms with Crippen LogP contribution in [0.25, 0.3) is 0 Å². The lowest BCUT2D eigenvalue weighted by atomic mass is 10.0. The van der Waals surface area contributed by atoms with Crippen LogP contribution in [-0.4, -0.2) is 35.5 Å². The zero-order valence-corrected chi connectivity index (χ0v) is 16.6. The van der Waals surface area contributed by atoms with Crippen molar-refractivity contribution >= 4 is 0 Å². The van der Waals surface area contributed by atoms with Crippen molar-refractivity contribution in [2.45, 2.75) is 78.1 Å². The van der Waals surface area contributed by atoms with E-state index in [2.05, 4.69) is 49.4 Å². The first kappa shape index (κ1) is 19.2. The van der Waals surface area contributed by atoms with Crippen LogP contribution in [-0.2, 0) is 12.8 Å². The van der Waals surface area contributed by atoms with E-state index in [0.717, 1.165) is 43.2 Å². The first-order chi connectivity index (χ1) is 12.9. The highest BCUT2D eigenvalue weighted by atomic mass is 16.5. The molecule has 0 amide bonds. The molecular weight excluding hydrogens is 346 g/mol. The van der Waals surface area contributed by atoms with Crippen molar-refractivity contribution in [3.05, 3.63) is 35.1 Å². The molecule has 2 atom stereocenters. The number of rotatable bonds is 9. The third kappa shape index (κ3) is 4.99. The van der Waals surface area contributed by atoms with Crippen LogP contribution in [0, 0.1) is 6.92 Å². The van der Waals surface area contributed by atoms with Gasteiger partial charge in [0.15, 0.2) is 11.6 Å². The molecule has 0 aliphatic carbocycles. The summed E-state index contributed by atoms with van der Waals surface area (Å²) in [5.41, 5.74) is 0. The molecule has 0 radical (unpaired) electrons. The van der Waals surface area contributed by atoms with Crippen molar-refractivity contribution in [3.63, 3.8) is 0 Å². The number of hydrogen-bond acceptors (Lipinski definition) is 8. The second kappa shape index (κ2) is 8.41. The summed E-state index contributed by atoms with van der Waals surface area (Å²) in [5.74, 6) is 5.04. The van der Waals surface area contributed by atoms with E-state index in [4.69, 9.17) is 8.94 Å². The third-order valence-electron chi connectivity index (χ3n) is 4.56. The van der Waals surface area contributed by atoms with Gasteiger partial charge in [-0.25, -0.2) is 4.98 Å². The lowest BCUT2D eigenvalue weighted by Crippen LogP contribution is -2.00. The van der Waals surface area contributed by atoms with Crippen molar-refractivity contribution in [2.75, 3.05) is 0 Å². The highest BCUT2D eigenvalue weighted by Gasteiger charge is 2.17. The Morgan fingerprint density at radius 2 is 1.70 bits per heavy atom. The van der Waals surface area contributed by atoms with Gasteiger partial charge >= 0.3 is 0 Å². The molecule has 27 heavy (non-hydrogen) atoms. The molecule has 3 aromatic heterocycles. The fraction of sp³-hybridized carbons (Fsp3) is 0.667. The van der Waals surface area contributed by atoms with Gasteiger partial charge in [-0.15, -0.1) is 10.2 Å². The Morgan fingerprint density at radius 1 is 0.926 bits per heavy atom. The van der Waals surface area contributed by atoms with E-state index in [9.17, 15) is 0 Å². The van der Waals surface area contributed by atoms with Crippen molar-refractivity contribution < 1.29 is 8.94 Å². The molecule has 0 aliphatic rings. The first-order valence-electron chi connectivity index (χ1n) is 9.46. The predicted molar refractivity (Wildman–Crippen MR) is 97.3 cm³/mol. The van der Waals surface area contributed by atoms with Crippen LogP contribution in [0.1, 0.15) is 93.4 Å². The average molecular weight is 373 g/mol. The van der Waals surface area contributed by atoms with E-state index in [0.29, 0.717) is 17.7 Å². The quantitative estimate of drug-likeness (QED) is 0.605. The van der Waals surface area contributed by atoms with Crippen LogP contribution in [0.15, 0.2) is 8.94 Å². The van der Waals surface area contributed by atoms with Gasteiger partial charge < -0.3 is 8.94 Å². The summed E-state index contributed by atoms with van der Waals surface area (Å²) in [6, 6.07) is 0. The van der Waals surface area contributed by atoms with Crippen LogP contribution >= 0.6 is 0 Å². The summed E-state index contributed by atoms with van der Waals surface area (Å²) < 4.78 is 10.8. The standard InChI is InChI=1S/C18H27N7O2/c1-10(2)16-20-15(27-25-16)9-7-11(3)17-19-14(22-23-17)8-6-12(4)18-24-21-13(5)26-18/h10-12H,6-9H2,1-5H3,(H,19,22,23). The van der Waals surface area contributed by atoms with E-state index >= 15 is 0 Å². The molecule has 0 saturated carbocycles. The van der Waals surface area contributed by atoms with Gasteiger partial charge in [0.25, 0.3) is 0 Å². The van der Waals surface area contributed by atoms with Gasteiger partial charge in [-0.3, -0.25) is 5.10 Å². The Labute approximate surface area is 158 Å². The number of nitrogens with zero attached hydrogens (tertiary/aromatic N) is 6. The minimum atomic E-state index is 0.185. The first-order valence-corrected chi connectivity index (χ1v) is 9.46. The summed E-state index contributed by atoms with van der Waals surface area (Å²) in [6.07, 6.45) is 3.22. The lowest BCUT2D eigenvalue weighted by molar-refractivity contribution is 0.365. The number of aromatic nitrogens is 7. The molecule has 9 heteroatoms. The zero-order chi connectivity index (χ0) is 19.4. The van der Waals surface area contributed by atoms with Gasteiger partial charge in [-0.1, -0.05) is 32.9 Å². The van der Waals surface area contributed by atoms with Gasteiger partial charge in [0.05, 0.1) is 0 Å². The SMILES string of the molecule is Cc1nnc(C(C)CCc2nc(C(C)CCc3nc(C(C)C)no3)n[nH]2)o1. The molecule has 0 aliphatic heterocycles. The molecular formula is C18H27N7O2. The molecule has 3 aromatic rings. The molecule has 0 fully saturated rings. The van der Waals surface area contributed by atoms with Gasteiger partial charge in [0.2, 0.25) is 17.7 Å². The number of nitrogens with one attached hydrogen (secondary N) is 1. The fourth-order valence-corrected chi connectivity index (χ4v) is 2.70. The molecule has 0 saturated heterocycles. The summed E-state index contributed by atoms with van der Waals surface area (Å²) in [5, 5.41) is 19.3. The average Bonchev–Trinajstić information content (AvgIpc) is 3.37. The van der Waals surface area contributed by atoms with E-state index in [1.54, 1.807) is 6.92 Å². The van der Waals surface area contributed by atoms with E-state index in [1.807, 2.05) is 13.8 Å². The molecule has 2 unspecified atom stereocenters. The number of hydrogen-bond donors (Lipinski definition) is 1. The van der Waals surface area contributed by atoms with Crippen molar-refractivity contribution in [3.8, 4) is 0 Å². The Balaban J connectivity index is 1.48. The van der Waals surface area contributed by atoms with Crippen LogP contribution < -0.4 is 0 Å². The van der Waals surface area contributed by atoms with Crippen LogP contribution in [0.3, 0.4) is 0 Å². The highest BCUT2D eigenvalue weighted by molar-refractivity contribution is 4.99. The molecule has 146 valence electrons. The van der Waals surface area contributed by atoms with E-state index < -0.39 is 0 Å². The van der Waals surface area contributed by atoms with Crippen LogP contribution in [0.2, 0.25) is 0 Å². The molecule has 0 spiro atoms.